The SMILES string of the molecule is C[C@H](OC(C)(C)C)[C@@H](NC(=O)OCc1ccccc1)C(=O)[O-]. The number of ether oxygens (including phenoxy) is 2. The van der Waals surface area contributed by atoms with Crippen molar-refractivity contribution in [3.63, 3.8) is 0 Å². The van der Waals surface area contributed by atoms with E-state index in [0.29, 0.717) is 0 Å². The van der Waals surface area contributed by atoms with E-state index in [1.54, 1.807) is 39.8 Å². The molecule has 1 aromatic rings. The van der Waals surface area contributed by atoms with E-state index < -0.39 is 29.8 Å². The fourth-order valence-corrected chi connectivity index (χ4v) is 1.89. The van der Waals surface area contributed by atoms with E-state index in [0.717, 1.165) is 5.56 Å². The van der Waals surface area contributed by atoms with E-state index in [2.05, 4.69) is 5.32 Å². The van der Waals surface area contributed by atoms with Crippen molar-refractivity contribution in [2.75, 3.05) is 0 Å². The number of carboxylic acids is 1. The zero-order valence-corrected chi connectivity index (χ0v) is 13.3. The Bertz CT molecular complexity index is 495. The number of nitrogens with one attached hydrogen (secondary N) is 1. The Hall–Kier alpha value is -2.08. The molecule has 1 amide bonds. The van der Waals surface area contributed by atoms with E-state index >= 15 is 0 Å². The van der Waals surface area contributed by atoms with Gasteiger partial charge in [-0.05, 0) is 33.3 Å². The molecule has 0 aliphatic heterocycles. The van der Waals surface area contributed by atoms with Crippen LogP contribution in [0.1, 0.15) is 33.3 Å². The van der Waals surface area contributed by atoms with Crippen molar-refractivity contribution in [1.29, 1.82) is 0 Å². The van der Waals surface area contributed by atoms with E-state index in [9.17, 15) is 14.7 Å². The Morgan fingerprint density at radius 2 is 1.82 bits per heavy atom. The lowest BCUT2D eigenvalue weighted by Crippen LogP contribution is -2.55. The van der Waals surface area contributed by atoms with Crippen molar-refractivity contribution >= 4 is 12.1 Å². The summed E-state index contributed by atoms with van der Waals surface area (Å²) in [6.07, 6.45) is -1.59. The van der Waals surface area contributed by atoms with E-state index in [1.165, 1.54) is 0 Å². The summed E-state index contributed by atoms with van der Waals surface area (Å²) in [6.45, 7) is 7.00. The minimum absolute atomic E-state index is 0.0565. The quantitative estimate of drug-likeness (QED) is 0.854. The molecule has 22 heavy (non-hydrogen) atoms. The lowest BCUT2D eigenvalue weighted by molar-refractivity contribution is -0.311. The first-order valence-electron chi connectivity index (χ1n) is 7.05. The van der Waals surface area contributed by atoms with Gasteiger partial charge in [0.2, 0.25) is 0 Å². The average Bonchev–Trinajstić information content (AvgIpc) is 2.41. The van der Waals surface area contributed by atoms with Gasteiger partial charge in [0.25, 0.3) is 0 Å². The predicted octanol–water partition coefficient (Wildman–Crippen LogP) is 1.23. The third-order valence-electron chi connectivity index (χ3n) is 2.75. The molecule has 122 valence electrons. The van der Waals surface area contributed by atoms with Crippen LogP contribution in [0.2, 0.25) is 0 Å². The Labute approximate surface area is 130 Å². The lowest BCUT2D eigenvalue weighted by atomic mass is 10.1. The molecule has 0 unspecified atom stereocenters. The number of aliphatic carboxylic acids is 1. The van der Waals surface area contributed by atoms with Gasteiger partial charge >= 0.3 is 6.09 Å². The normalized spacial score (nSPS) is 14.0. The summed E-state index contributed by atoms with van der Waals surface area (Å²) < 4.78 is 10.5. The molecule has 0 radical (unpaired) electrons. The number of hydrogen-bond acceptors (Lipinski definition) is 5. The van der Waals surface area contributed by atoms with Crippen molar-refractivity contribution in [3.8, 4) is 0 Å². The Morgan fingerprint density at radius 1 is 1.23 bits per heavy atom. The van der Waals surface area contributed by atoms with Crippen molar-refractivity contribution in [3.05, 3.63) is 35.9 Å². The molecular formula is C16H22NO5-. The highest BCUT2D eigenvalue weighted by Gasteiger charge is 2.26. The summed E-state index contributed by atoms with van der Waals surface area (Å²) >= 11 is 0. The van der Waals surface area contributed by atoms with Gasteiger partial charge < -0.3 is 24.7 Å². The topological polar surface area (TPSA) is 87.7 Å². The van der Waals surface area contributed by atoms with Crippen molar-refractivity contribution in [1.82, 2.24) is 5.32 Å². The van der Waals surface area contributed by atoms with Crippen LogP contribution in [0.15, 0.2) is 30.3 Å². The Morgan fingerprint density at radius 3 is 2.32 bits per heavy atom. The van der Waals surface area contributed by atoms with Crippen LogP contribution in [0.3, 0.4) is 0 Å². The smallest absolute Gasteiger partial charge is 0.408 e. The summed E-state index contributed by atoms with van der Waals surface area (Å²) in [7, 11) is 0. The van der Waals surface area contributed by atoms with Crippen LogP contribution >= 0.6 is 0 Å². The van der Waals surface area contributed by atoms with Crippen LogP contribution in [0.25, 0.3) is 0 Å². The molecule has 0 fully saturated rings. The van der Waals surface area contributed by atoms with Crippen LogP contribution < -0.4 is 10.4 Å². The molecule has 1 N–H and O–H groups in total. The highest BCUT2D eigenvalue weighted by atomic mass is 16.6. The van der Waals surface area contributed by atoms with Crippen LogP contribution in [-0.4, -0.2) is 29.8 Å². The van der Waals surface area contributed by atoms with Crippen LogP contribution in [0.4, 0.5) is 4.79 Å². The maximum absolute atomic E-state index is 11.7. The molecule has 0 aliphatic rings. The van der Waals surface area contributed by atoms with E-state index in [-0.39, 0.29) is 6.61 Å². The van der Waals surface area contributed by atoms with Gasteiger partial charge in [0.15, 0.2) is 0 Å². The second-order valence-electron chi connectivity index (χ2n) is 5.94. The summed E-state index contributed by atoms with van der Waals surface area (Å²) in [4.78, 5) is 22.9. The number of amides is 1. The van der Waals surface area contributed by atoms with Gasteiger partial charge in [0.1, 0.15) is 6.61 Å². The van der Waals surface area contributed by atoms with Gasteiger partial charge in [-0.1, -0.05) is 30.3 Å². The molecular weight excluding hydrogens is 286 g/mol. The molecule has 0 saturated heterocycles. The van der Waals surface area contributed by atoms with Gasteiger partial charge in [0.05, 0.1) is 23.7 Å². The first kappa shape index (κ1) is 18.0. The van der Waals surface area contributed by atoms with Crippen LogP contribution in [0, 0.1) is 0 Å². The van der Waals surface area contributed by atoms with Gasteiger partial charge in [-0.15, -0.1) is 0 Å². The number of rotatable bonds is 6. The van der Waals surface area contributed by atoms with Crippen LogP contribution in [0.5, 0.6) is 0 Å². The molecule has 0 aliphatic carbocycles. The first-order chi connectivity index (χ1) is 10.2. The second-order valence-corrected chi connectivity index (χ2v) is 5.94. The lowest BCUT2D eigenvalue weighted by Gasteiger charge is -2.31. The zero-order chi connectivity index (χ0) is 16.8. The zero-order valence-electron chi connectivity index (χ0n) is 13.3. The molecule has 1 rings (SSSR count). The fraction of sp³-hybridized carbons (Fsp3) is 0.500. The molecule has 0 aromatic heterocycles. The maximum Gasteiger partial charge on any atom is 0.408 e. The second kappa shape index (κ2) is 7.79. The standard InChI is InChI=1S/C16H23NO5/c1-11(22-16(2,3)4)13(14(18)19)17-15(20)21-10-12-8-6-5-7-9-12/h5-9,11,13H,10H2,1-4H3,(H,17,20)(H,18,19)/p-1/t11-,13+/m0/s1. The molecule has 0 bridgehead atoms. The molecule has 0 heterocycles. The summed E-state index contributed by atoms with van der Waals surface area (Å²) in [6, 6.07) is 7.80. The number of alkyl carbamates (subject to hydrolysis) is 1. The predicted molar refractivity (Wildman–Crippen MR) is 78.9 cm³/mol. The Balaban J connectivity index is 2.55. The molecule has 6 heteroatoms. The first-order valence-corrected chi connectivity index (χ1v) is 7.05. The number of hydrogen-bond donors (Lipinski definition) is 1. The highest BCUT2D eigenvalue weighted by Crippen LogP contribution is 2.13. The average molecular weight is 308 g/mol. The number of carboxylic acid groups (broad SMARTS) is 1. The monoisotopic (exact) mass is 308 g/mol. The number of benzene rings is 1. The minimum atomic E-state index is -1.42. The van der Waals surface area contributed by atoms with Gasteiger partial charge in [-0.3, -0.25) is 0 Å². The van der Waals surface area contributed by atoms with Gasteiger partial charge in [0, 0.05) is 0 Å². The van der Waals surface area contributed by atoms with Gasteiger partial charge in [-0.25, -0.2) is 4.79 Å². The van der Waals surface area contributed by atoms with Crippen molar-refractivity contribution in [2.24, 2.45) is 0 Å². The largest absolute Gasteiger partial charge is 0.548 e. The van der Waals surface area contributed by atoms with E-state index in [4.69, 9.17) is 9.47 Å². The highest BCUT2D eigenvalue weighted by molar-refractivity contribution is 5.79. The van der Waals surface area contributed by atoms with Crippen LogP contribution in [-0.2, 0) is 20.9 Å². The number of carbonyl (C=O) groups excluding carboxylic acids is 2. The summed E-state index contributed by atoms with van der Waals surface area (Å²) in [5.74, 6) is -1.42. The van der Waals surface area contributed by atoms with E-state index in [1.807, 2.05) is 18.2 Å². The molecule has 0 saturated carbocycles. The molecule has 6 nitrogen and oxygen atoms in total. The third kappa shape index (κ3) is 6.58. The maximum atomic E-state index is 11.7. The third-order valence-corrected chi connectivity index (χ3v) is 2.75. The fourth-order valence-electron chi connectivity index (χ4n) is 1.89. The molecule has 0 spiro atoms. The Kier molecular flexibility index (Phi) is 6.37. The van der Waals surface area contributed by atoms with Gasteiger partial charge in [-0.2, -0.15) is 0 Å². The molecule has 2 atom stereocenters. The molecule has 1 aromatic carbocycles. The van der Waals surface area contributed by atoms with Crippen molar-refractivity contribution in [2.45, 2.75) is 52.0 Å². The van der Waals surface area contributed by atoms with Crippen molar-refractivity contribution < 1.29 is 24.2 Å². The summed E-state index contributed by atoms with van der Waals surface area (Å²) in [5.41, 5.74) is 0.268. The minimum Gasteiger partial charge on any atom is -0.548 e. The summed E-state index contributed by atoms with van der Waals surface area (Å²) in [5, 5.41) is 13.4. The number of carbonyl (C=O) groups is 2.